The van der Waals surface area contributed by atoms with Gasteiger partial charge >= 0.3 is 6.18 Å². The van der Waals surface area contributed by atoms with E-state index in [-0.39, 0.29) is 0 Å². The van der Waals surface area contributed by atoms with Gasteiger partial charge in [0.15, 0.2) is 0 Å². The molecule has 13 heavy (non-hydrogen) atoms. The highest BCUT2D eigenvalue weighted by Crippen LogP contribution is 2.28. The molecule has 3 heteroatoms. The molecule has 0 atom stereocenters. The van der Waals surface area contributed by atoms with E-state index in [9.17, 15) is 13.2 Å². The van der Waals surface area contributed by atoms with Crippen molar-refractivity contribution < 1.29 is 13.2 Å². The second kappa shape index (κ2) is 3.81. The monoisotopic (exact) mass is 188 g/mol. The van der Waals surface area contributed by atoms with Crippen molar-refractivity contribution in [3.8, 4) is 0 Å². The average molecular weight is 188 g/mol. The highest BCUT2D eigenvalue weighted by Gasteiger charge is 2.31. The number of rotatable bonds is 0. The van der Waals surface area contributed by atoms with Crippen LogP contribution in [0.1, 0.15) is 19.8 Å². The average Bonchev–Trinajstić information content (AvgIpc) is 1.94. The molecule has 0 aromatic rings. The van der Waals surface area contributed by atoms with Crippen LogP contribution in [0.4, 0.5) is 13.2 Å². The van der Waals surface area contributed by atoms with Gasteiger partial charge in [-0.25, -0.2) is 0 Å². The second-order valence-electron chi connectivity index (χ2n) is 3.07. The van der Waals surface area contributed by atoms with Gasteiger partial charge in [0.1, 0.15) is 0 Å². The van der Waals surface area contributed by atoms with Crippen LogP contribution in [-0.2, 0) is 0 Å². The Morgan fingerprint density at radius 2 is 1.92 bits per heavy atom. The van der Waals surface area contributed by atoms with Gasteiger partial charge in [-0.2, -0.15) is 13.2 Å². The largest absolute Gasteiger partial charge is 0.416 e. The van der Waals surface area contributed by atoms with E-state index in [1.165, 1.54) is 6.08 Å². The van der Waals surface area contributed by atoms with Crippen LogP contribution in [0.3, 0.4) is 0 Å². The summed E-state index contributed by atoms with van der Waals surface area (Å²) < 4.78 is 36.7. The van der Waals surface area contributed by atoms with Gasteiger partial charge in [0.2, 0.25) is 0 Å². The lowest BCUT2D eigenvalue weighted by Crippen LogP contribution is -2.10. The topological polar surface area (TPSA) is 0 Å². The molecule has 0 fully saturated rings. The summed E-state index contributed by atoms with van der Waals surface area (Å²) in [5, 5.41) is 0. The van der Waals surface area contributed by atoms with Gasteiger partial charge in [0.05, 0.1) is 5.57 Å². The third-order valence-electron chi connectivity index (χ3n) is 1.88. The van der Waals surface area contributed by atoms with Gasteiger partial charge in [-0.05, 0) is 19.8 Å². The molecule has 0 saturated carbocycles. The van der Waals surface area contributed by atoms with Crippen molar-refractivity contribution in [1.82, 2.24) is 0 Å². The summed E-state index contributed by atoms with van der Waals surface area (Å²) in [5.74, 6) is 0. The zero-order valence-corrected chi connectivity index (χ0v) is 7.36. The van der Waals surface area contributed by atoms with Crippen molar-refractivity contribution in [2.24, 2.45) is 0 Å². The molecular weight excluding hydrogens is 177 g/mol. The first-order valence-electron chi connectivity index (χ1n) is 4.11. The molecule has 0 saturated heterocycles. The van der Waals surface area contributed by atoms with E-state index in [2.05, 4.69) is 0 Å². The normalized spacial score (nSPS) is 25.2. The Labute approximate surface area is 75.4 Å². The third kappa shape index (κ3) is 3.09. The van der Waals surface area contributed by atoms with E-state index in [0.717, 1.165) is 24.1 Å². The Balaban J connectivity index is 2.93. The molecule has 0 heterocycles. The van der Waals surface area contributed by atoms with Gasteiger partial charge in [0, 0.05) is 0 Å². The molecule has 72 valence electrons. The van der Waals surface area contributed by atoms with Gasteiger partial charge in [-0.1, -0.05) is 29.9 Å². The molecule has 0 N–H and O–H groups in total. The van der Waals surface area contributed by atoms with Crippen molar-refractivity contribution in [2.45, 2.75) is 25.9 Å². The number of alkyl halides is 3. The molecule has 1 aliphatic carbocycles. The molecule has 0 bridgehead atoms. The molecule has 0 aliphatic heterocycles. The Bertz CT molecular complexity index is 266. The summed E-state index contributed by atoms with van der Waals surface area (Å²) >= 11 is 0. The first kappa shape index (κ1) is 10.1. The van der Waals surface area contributed by atoms with Gasteiger partial charge in [-0.15, -0.1) is 0 Å². The van der Waals surface area contributed by atoms with Crippen molar-refractivity contribution in [1.29, 1.82) is 0 Å². The number of hydrogen-bond acceptors (Lipinski definition) is 0. The van der Waals surface area contributed by atoms with Crippen molar-refractivity contribution in [3.05, 3.63) is 35.5 Å². The van der Waals surface area contributed by atoms with Crippen molar-refractivity contribution in [3.63, 3.8) is 0 Å². The van der Waals surface area contributed by atoms with Gasteiger partial charge < -0.3 is 0 Å². The van der Waals surface area contributed by atoms with E-state index in [1.807, 2.05) is 6.92 Å². The standard InChI is InChI=1S/C10H11F3/c1-8-4-2-3-5-9(7-6-8)10(11,12)13/h3,5-7H,2,4H2,1H3/b5-3-,8-6?,9-7+. The maximum atomic E-state index is 12.2. The van der Waals surface area contributed by atoms with Crippen LogP contribution in [0.5, 0.6) is 0 Å². The maximum absolute atomic E-state index is 12.2. The van der Waals surface area contributed by atoms with Crippen LogP contribution < -0.4 is 0 Å². The summed E-state index contributed by atoms with van der Waals surface area (Å²) in [6.45, 7) is 1.84. The fourth-order valence-corrected chi connectivity index (χ4v) is 1.08. The van der Waals surface area contributed by atoms with Crippen LogP contribution in [0.15, 0.2) is 35.5 Å². The summed E-state index contributed by atoms with van der Waals surface area (Å²) in [4.78, 5) is 0. The molecule has 0 nitrogen and oxygen atoms in total. The minimum Gasteiger partial charge on any atom is -0.166 e. The molecule has 0 spiro atoms. The summed E-state index contributed by atoms with van der Waals surface area (Å²) in [6.07, 6.45) is 2.65. The summed E-state index contributed by atoms with van der Waals surface area (Å²) in [7, 11) is 0. The van der Waals surface area contributed by atoms with Crippen molar-refractivity contribution >= 4 is 0 Å². The molecule has 0 amide bonds. The van der Waals surface area contributed by atoms with E-state index in [0.29, 0.717) is 6.42 Å². The van der Waals surface area contributed by atoms with Crippen LogP contribution >= 0.6 is 0 Å². The minimum atomic E-state index is -4.23. The van der Waals surface area contributed by atoms with E-state index >= 15 is 0 Å². The fourth-order valence-electron chi connectivity index (χ4n) is 1.08. The molecule has 0 aromatic carbocycles. The zero-order chi connectivity index (χ0) is 9.90. The van der Waals surface area contributed by atoms with Gasteiger partial charge in [0.25, 0.3) is 0 Å². The molecular formula is C10H11F3. The molecule has 1 aliphatic rings. The van der Waals surface area contributed by atoms with Crippen LogP contribution in [0.2, 0.25) is 0 Å². The van der Waals surface area contributed by atoms with Crippen LogP contribution in [-0.4, -0.2) is 6.18 Å². The Hall–Kier alpha value is -0.990. The van der Waals surface area contributed by atoms with E-state index < -0.39 is 11.7 Å². The summed E-state index contributed by atoms with van der Waals surface area (Å²) in [5.41, 5.74) is 0.401. The third-order valence-corrected chi connectivity index (χ3v) is 1.88. The number of allylic oxidation sites excluding steroid dienone is 6. The van der Waals surface area contributed by atoms with Crippen molar-refractivity contribution in [2.75, 3.05) is 0 Å². The molecule has 1 rings (SSSR count). The number of halogens is 3. The lowest BCUT2D eigenvalue weighted by atomic mass is 10.1. The Kier molecular flexibility index (Phi) is 2.96. The highest BCUT2D eigenvalue weighted by atomic mass is 19.4. The smallest absolute Gasteiger partial charge is 0.166 e. The molecule has 0 unspecified atom stereocenters. The van der Waals surface area contributed by atoms with E-state index in [4.69, 9.17) is 0 Å². The zero-order valence-electron chi connectivity index (χ0n) is 7.36. The maximum Gasteiger partial charge on any atom is 0.416 e. The summed E-state index contributed by atoms with van der Waals surface area (Å²) in [6, 6.07) is 0. The minimum absolute atomic E-state index is 0.577. The predicted molar refractivity (Wildman–Crippen MR) is 46.3 cm³/mol. The second-order valence-corrected chi connectivity index (χ2v) is 3.07. The lowest BCUT2D eigenvalue weighted by molar-refractivity contribution is -0.0882. The molecule has 0 aromatic heterocycles. The first-order valence-corrected chi connectivity index (χ1v) is 4.11. The Morgan fingerprint density at radius 3 is 2.54 bits per heavy atom. The SMILES string of the molecule is CC1=C/C=C(C(F)(F)F)\C=C/CC1. The lowest BCUT2D eigenvalue weighted by Gasteiger charge is -2.08. The van der Waals surface area contributed by atoms with Crippen LogP contribution in [0.25, 0.3) is 0 Å². The molecule has 0 radical (unpaired) electrons. The number of hydrogen-bond donors (Lipinski definition) is 0. The Morgan fingerprint density at radius 1 is 1.23 bits per heavy atom. The van der Waals surface area contributed by atoms with Gasteiger partial charge in [-0.3, -0.25) is 0 Å². The first-order chi connectivity index (χ1) is 6.00. The predicted octanol–water partition coefficient (Wildman–Crippen LogP) is 3.77. The fraction of sp³-hybridized carbons (Fsp3) is 0.400. The van der Waals surface area contributed by atoms with Crippen LogP contribution in [0, 0.1) is 0 Å². The highest BCUT2D eigenvalue weighted by molar-refractivity contribution is 5.30. The quantitative estimate of drug-likeness (QED) is 0.542. The van der Waals surface area contributed by atoms with E-state index in [1.54, 1.807) is 6.08 Å².